The fourth-order valence-electron chi connectivity index (χ4n) is 2.68. The first kappa shape index (κ1) is 23.6. The molecule has 0 fully saturated rings. The lowest BCUT2D eigenvalue weighted by Crippen LogP contribution is -2.37. The van der Waals surface area contributed by atoms with Crippen LogP contribution in [0, 0.1) is 6.92 Å². The van der Waals surface area contributed by atoms with Gasteiger partial charge in [0.25, 0.3) is 0 Å². The number of hydrogen-bond acceptors (Lipinski definition) is 5. The van der Waals surface area contributed by atoms with Crippen LogP contribution in [0.1, 0.15) is 22.9 Å². The Morgan fingerprint density at radius 1 is 1.00 bits per heavy atom. The van der Waals surface area contributed by atoms with Crippen LogP contribution in [0.2, 0.25) is 0 Å². The second-order valence-corrected chi connectivity index (χ2v) is 6.96. The number of aromatic nitrogens is 4. The van der Waals surface area contributed by atoms with Crippen molar-refractivity contribution in [3.63, 3.8) is 0 Å². The van der Waals surface area contributed by atoms with Crippen LogP contribution >= 0.6 is 24.0 Å². The number of benzene rings is 1. The van der Waals surface area contributed by atoms with Crippen molar-refractivity contribution >= 4 is 35.8 Å². The second kappa shape index (κ2) is 11.5. The molecule has 3 rings (SSSR count). The Morgan fingerprint density at radius 2 is 1.73 bits per heavy atom. The minimum Gasteiger partial charge on any atom is -0.363 e. The summed E-state index contributed by atoms with van der Waals surface area (Å²) < 4.78 is 1.96. The molecule has 0 aliphatic rings. The topological polar surface area (TPSA) is 83.3 Å². The summed E-state index contributed by atoms with van der Waals surface area (Å²) in [5, 5.41) is 15.0. The summed E-state index contributed by atoms with van der Waals surface area (Å²) in [5.41, 5.74) is 2.09. The maximum absolute atomic E-state index is 4.72. The van der Waals surface area contributed by atoms with Crippen LogP contribution in [0.3, 0.4) is 0 Å². The summed E-state index contributed by atoms with van der Waals surface area (Å²) in [6.45, 7) is 3.62. The summed E-state index contributed by atoms with van der Waals surface area (Å²) in [4.78, 5) is 11.4. The summed E-state index contributed by atoms with van der Waals surface area (Å²) in [7, 11) is 5.92. The summed E-state index contributed by atoms with van der Waals surface area (Å²) in [5.74, 6) is 3.35. The molecule has 2 aromatic heterocycles. The molecule has 0 aliphatic carbocycles. The number of pyridine rings is 1. The molecular weight excluding hydrogens is 491 g/mol. The molecule has 0 atom stereocenters. The highest BCUT2D eigenvalue weighted by molar-refractivity contribution is 14.0. The molecule has 8 nitrogen and oxygen atoms in total. The molecule has 2 heterocycles. The van der Waals surface area contributed by atoms with Crippen molar-refractivity contribution in [2.45, 2.75) is 26.6 Å². The molecule has 0 amide bonds. The second-order valence-electron chi connectivity index (χ2n) is 6.96. The lowest BCUT2D eigenvalue weighted by atomic mass is 10.2. The molecule has 0 radical (unpaired) electrons. The van der Waals surface area contributed by atoms with E-state index in [0.717, 1.165) is 28.7 Å². The molecular formula is C21H29IN8. The molecule has 9 heteroatoms. The first-order valence-corrected chi connectivity index (χ1v) is 9.57. The first-order chi connectivity index (χ1) is 14.0. The van der Waals surface area contributed by atoms with Gasteiger partial charge in [-0.1, -0.05) is 36.4 Å². The minimum absolute atomic E-state index is 0. The third-order valence-corrected chi connectivity index (χ3v) is 4.55. The van der Waals surface area contributed by atoms with E-state index in [1.807, 2.05) is 73.9 Å². The summed E-state index contributed by atoms with van der Waals surface area (Å²) >= 11 is 0. The van der Waals surface area contributed by atoms with Gasteiger partial charge in [-0.2, -0.15) is 0 Å². The van der Waals surface area contributed by atoms with E-state index in [9.17, 15) is 0 Å². The number of hydrogen-bond donors (Lipinski definition) is 2. The largest absolute Gasteiger partial charge is 0.363 e. The van der Waals surface area contributed by atoms with Gasteiger partial charge in [-0.05, 0) is 24.6 Å². The van der Waals surface area contributed by atoms with Crippen molar-refractivity contribution in [1.29, 1.82) is 0 Å². The van der Waals surface area contributed by atoms with Crippen LogP contribution in [0.4, 0.5) is 5.82 Å². The van der Waals surface area contributed by atoms with E-state index in [4.69, 9.17) is 4.99 Å². The smallest absolute Gasteiger partial charge is 0.192 e. The van der Waals surface area contributed by atoms with Crippen LogP contribution in [-0.4, -0.2) is 39.8 Å². The number of aryl methyl sites for hydroxylation is 1. The molecule has 0 spiro atoms. The quantitative estimate of drug-likeness (QED) is 0.283. The van der Waals surface area contributed by atoms with Gasteiger partial charge in [0.2, 0.25) is 0 Å². The third-order valence-electron chi connectivity index (χ3n) is 4.55. The molecule has 0 aliphatic heterocycles. The molecule has 0 bridgehead atoms. The average Bonchev–Trinajstić information content (AvgIpc) is 3.06. The molecule has 160 valence electrons. The number of halogens is 1. The monoisotopic (exact) mass is 520 g/mol. The van der Waals surface area contributed by atoms with Crippen LogP contribution in [0.15, 0.2) is 53.5 Å². The minimum atomic E-state index is 0. The van der Waals surface area contributed by atoms with Gasteiger partial charge in [0, 0.05) is 21.1 Å². The Balaban J connectivity index is 0.00000320. The highest BCUT2D eigenvalue weighted by Gasteiger charge is 2.07. The Bertz CT molecular complexity index is 953. The van der Waals surface area contributed by atoms with Crippen LogP contribution < -0.4 is 15.5 Å². The Kier molecular flexibility index (Phi) is 9.03. The van der Waals surface area contributed by atoms with Gasteiger partial charge in [-0.15, -0.1) is 34.2 Å². The Labute approximate surface area is 194 Å². The van der Waals surface area contributed by atoms with E-state index in [2.05, 4.69) is 37.9 Å². The van der Waals surface area contributed by atoms with Gasteiger partial charge < -0.3 is 20.1 Å². The maximum atomic E-state index is 4.72. The summed E-state index contributed by atoms with van der Waals surface area (Å²) in [6, 6.07) is 16.2. The highest BCUT2D eigenvalue weighted by atomic mass is 127. The van der Waals surface area contributed by atoms with Crippen molar-refractivity contribution < 1.29 is 0 Å². The number of aliphatic imine (C=N–C) groups is 1. The highest BCUT2D eigenvalue weighted by Crippen LogP contribution is 2.07. The van der Waals surface area contributed by atoms with E-state index in [1.54, 1.807) is 0 Å². The number of rotatable bonds is 7. The molecule has 2 N–H and O–H groups in total. The number of nitrogens with zero attached hydrogens (tertiary/aromatic N) is 6. The maximum Gasteiger partial charge on any atom is 0.192 e. The number of guanidine groups is 1. The fourth-order valence-corrected chi connectivity index (χ4v) is 2.68. The van der Waals surface area contributed by atoms with Crippen molar-refractivity contribution in [2.24, 2.45) is 12.0 Å². The van der Waals surface area contributed by atoms with Crippen LogP contribution in [0.25, 0.3) is 0 Å². The fraction of sp³-hybridized carbons (Fsp3) is 0.333. The van der Waals surface area contributed by atoms with Crippen LogP contribution in [-0.2, 0) is 26.7 Å². The van der Waals surface area contributed by atoms with E-state index >= 15 is 0 Å². The van der Waals surface area contributed by atoms with Crippen molar-refractivity contribution in [1.82, 2.24) is 30.4 Å². The van der Waals surface area contributed by atoms with Gasteiger partial charge in [0.05, 0.1) is 25.3 Å². The van der Waals surface area contributed by atoms with E-state index in [-0.39, 0.29) is 24.0 Å². The van der Waals surface area contributed by atoms with Crippen molar-refractivity contribution in [3.8, 4) is 0 Å². The SMILES string of the molecule is Cc1nnc(CNC(=NCc2ccccc2)NCc2cccc(N(C)C)n2)n1C.I. The molecule has 30 heavy (non-hydrogen) atoms. The molecule has 0 saturated heterocycles. The van der Waals surface area contributed by atoms with Crippen molar-refractivity contribution in [2.75, 3.05) is 19.0 Å². The lowest BCUT2D eigenvalue weighted by molar-refractivity contribution is 0.711. The third kappa shape index (κ3) is 6.68. The van der Waals surface area contributed by atoms with Crippen molar-refractivity contribution in [3.05, 3.63) is 71.4 Å². The average molecular weight is 520 g/mol. The van der Waals surface area contributed by atoms with Gasteiger partial charge in [0.15, 0.2) is 11.8 Å². The van der Waals surface area contributed by atoms with E-state index in [0.29, 0.717) is 25.6 Å². The predicted molar refractivity (Wildman–Crippen MR) is 131 cm³/mol. The predicted octanol–water partition coefficient (Wildman–Crippen LogP) is 2.64. The summed E-state index contributed by atoms with van der Waals surface area (Å²) in [6.07, 6.45) is 0. The Hall–Kier alpha value is -2.69. The molecule has 1 aromatic carbocycles. The van der Waals surface area contributed by atoms with Gasteiger partial charge in [-0.3, -0.25) is 0 Å². The lowest BCUT2D eigenvalue weighted by Gasteiger charge is -2.15. The van der Waals surface area contributed by atoms with Gasteiger partial charge in [0.1, 0.15) is 11.6 Å². The first-order valence-electron chi connectivity index (χ1n) is 9.57. The standard InChI is InChI=1S/C21H28N8.HI/c1-16-26-27-20(29(16)4)15-24-21(22-13-17-9-6-5-7-10-17)23-14-18-11-8-12-19(25-18)28(2)3;/h5-12H,13-15H2,1-4H3,(H2,22,23,24);1H. The molecule has 0 saturated carbocycles. The van der Waals surface area contributed by atoms with Gasteiger partial charge in [-0.25, -0.2) is 9.98 Å². The Morgan fingerprint density at radius 3 is 2.40 bits per heavy atom. The van der Waals surface area contributed by atoms with E-state index in [1.165, 1.54) is 0 Å². The zero-order valence-corrected chi connectivity index (χ0v) is 20.2. The molecule has 0 unspecified atom stereocenters. The zero-order chi connectivity index (χ0) is 20.6. The number of anilines is 1. The van der Waals surface area contributed by atoms with Crippen LogP contribution in [0.5, 0.6) is 0 Å². The normalized spacial score (nSPS) is 11.0. The van der Waals surface area contributed by atoms with E-state index < -0.39 is 0 Å². The van der Waals surface area contributed by atoms with Gasteiger partial charge >= 0.3 is 0 Å². The molecule has 3 aromatic rings. The zero-order valence-electron chi connectivity index (χ0n) is 17.8. The number of nitrogens with one attached hydrogen (secondary N) is 2.